The van der Waals surface area contributed by atoms with E-state index >= 15 is 0 Å². The molecule has 2 rings (SSSR count). The Kier molecular flexibility index (Phi) is 2.47. The van der Waals surface area contributed by atoms with Gasteiger partial charge in [0.15, 0.2) is 5.84 Å². The molecule has 0 aromatic heterocycles. The summed E-state index contributed by atoms with van der Waals surface area (Å²) >= 11 is 0. The van der Waals surface area contributed by atoms with E-state index in [2.05, 4.69) is 5.10 Å². The molecule has 6 nitrogen and oxygen atoms in total. The molecule has 2 aliphatic rings. The van der Waals surface area contributed by atoms with Crippen LogP contribution in [0.15, 0.2) is 29.0 Å². The fraction of sp³-hybridized carbons (Fsp3) is 0.300. The van der Waals surface area contributed by atoms with Gasteiger partial charge in [-0.2, -0.15) is 5.10 Å². The summed E-state index contributed by atoms with van der Waals surface area (Å²) in [5.74, 6) is -0.789. The van der Waals surface area contributed by atoms with E-state index < -0.39 is 12.5 Å². The Balaban J connectivity index is 2.25. The van der Waals surface area contributed by atoms with E-state index in [9.17, 15) is 9.59 Å². The van der Waals surface area contributed by atoms with E-state index in [1.165, 1.54) is 0 Å². The third-order valence-electron chi connectivity index (χ3n) is 2.27. The number of rotatable bonds is 2. The summed E-state index contributed by atoms with van der Waals surface area (Å²) in [5, 5.41) is 13.6. The summed E-state index contributed by atoms with van der Waals surface area (Å²) in [5.41, 5.74) is 1.01. The lowest BCUT2D eigenvalue weighted by atomic mass is 10.2. The van der Waals surface area contributed by atoms with E-state index in [-0.39, 0.29) is 12.5 Å². The fourth-order valence-corrected chi connectivity index (χ4v) is 1.50. The molecule has 1 N–H and O–H groups in total. The summed E-state index contributed by atoms with van der Waals surface area (Å²) < 4.78 is 0. The van der Waals surface area contributed by atoms with Crippen LogP contribution < -0.4 is 0 Å². The predicted octanol–water partition coefficient (Wildman–Crippen LogP) is 0.00230. The van der Waals surface area contributed by atoms with Crippen molar-refractivity contribution in [1.29, 1.82) is 0 Å². The molecule has 6 heteroatoms. The quantitative estimate of drug-likeness (QED) is 0.712. The minimum atomic E-state index is -1.07. The van der Waals surface area contributed by atoms with E-state index in [4.69, 9.17) is 5.11 Å². The van der Waals surface area contributed by atoms with Crippen LogP contribution in [-0.2, 0) is 9.59 Å². The number of nitrogens with zero attached hydrogens (tertiary/aromatic N) is 3. The molecule has 0 bridgehead atoms. The number of hydrogen-bond acceptors (Lipinski definition) is 4. The number of carbonyl (C=O) groups is 2. The van der Waals surface area contributed by atoms with Crippen LogP contribution in [0, 0.1) is 0 Å². The van der Waals surface area contributed by atoms with Crippen LogP contribution in [-0.4, -0.2) is 45.8 Å². The smallest absolute Gasteiger partial charge is 0.325 e. The third kappa shape index (κ3) is 1.95. The van der Waals surface area contributed by atoms with Gasteiger partial charge in [-0.25, -0.2) is 5.01 Å². The highest BCUT2D eigenvalue weighted by atomic mass is 16.4. The Morgan fingerprint density at radius 1 is 1.62 bits per heavy atom. The van der Waals surface area contributed by atoms with Gasteiger partial charge < -0.3 is 10.0 Å². The molecule has 1 amide bonds. The molecule has 0 aromatic carbocycles. The molecule has 2 heterocycles. The topological polar surface area (TPSA) is 73.2 Å². The standard InChI is InChI=1S/C10H11N3O3/c1-7-2-3-12-5-9(14)13(6-10(15)16)11-8(12)4-7/h2-4H,5-6H2,1H3,(H,15,16). The highest BCUT2D eigenvalue weighted by molar-refractivity contribution is 6.01. The number of carboxylic acid groups (broad SMARTS) is 1. The summed E-state index contributed by atoms with van der Waals surface area (Å²) in [6, 6.07) is 0. The van der Waals surface area contributed by atoms with Gasteiger partial charge in [-0.15, -0.1) is 0 Å². The highest BCUT2D eigenvalue weighted by Crippen LogP contribution is 2.14. The lowest BCUT2D eigenvalue weighted by molar-refractivity contribution is -0.145. The summed E-state index contributed by atoms with van der Waals surface area (Å²) in [7, 11) is 0. The van der Waals surface area contributed by atoms with E-state index in [0.29, 0.717) is 5.84 Å². The molecule has 0 fully saturated rings. The number of hydrazone groups is 1. The second-order valence-corrected chi connectivity index (χ2v) is 3.64. The molecule has 0 radical (unpaired) electrons. The molecule has 84 valence electrons. The first-order valence-electron chi connectivity index (χ1n) is 4.80. The molecular formula is C10H11N3O3. The van der Waals surface area contributed by atoms with Gasteiger partial charge in [-0.05, 0) is 24.6 Å². The van der Waals surface area contributed by atoms with Crippen molar-refractivity contribution in [1.82, 2.24) is 9.91 Å². The van der Waals surface area contributed by atoms with Gasteiger partial charge in [-0.3, -0.25) is 9.59 Å². The number of carbonyl (C=O) groups excluding carboxylic acids is 1. The Labute approximate surface area is 92.1 Å². The van der Waals surface area contributed by atoms with Crippen LogP contribution in [0.5, 0.6) is 0 Å². The summed E-state index contributed by atoms with van der Waals surface area (Å²) in [4.78, 5) is 23.7. The van der Waals surface area contributed by atoms with Crippen molar-refractivity contribution in [2.24, 2.45) is 5.10 Å². The molecule has 2 aliphatic heterocycles. The number of allylic oxidation sites excluding steroid dienone is 2. The second kappa shape index (κ2) is 3.80. The number of hydrogen-bond donors (Lipinski definition) is 1. The van der Waals surface area contributed by atoms with Crippen molar-refractivity contribution in [2.75, 3.05) is 13.1 Å². The van der Waals surface area contributed by atoms with Crippen molar-refractivity contribution in [3.05, 3.63) is 23.9 Å². The average molecular weight is 221 g/mol. The van der Waals surface area contributed by atoms with E-state index in [1.807, 2.05) is 13.0 Å². The molecule has 0 aliphatic carbocycles. The van der Waals surface area contributed by atoms with Gasteiger partial charge in [0.25, 0.3) is 5.91 Å². The zero-order chi connectivity index (χ0) is 11.7. The number of aliphatic carboxylic acids is 1. The Hall–Kier alpha value is -2.11. The molecular weight excluding hydrogens is 210 g/mol. The van der Waals surface area contributed by atoms with Crippen LogP contribution in [0.2, 0.25) is 0 Å². The van der Waals surface area contributed by atoms with E-state index in [1.54, 1.807) is 17.2 Å². The molecule has 0 spiro atoms. The minimum Gasteiger partial charge on any atom is -0.480 e. The van der Waals surface area contributed by atoms with Crippen molar-refractivity contribution >= 4 is 17.7 Å². The SMILES string of the molecule is CC1=CC2=NN(CC(=O)O)C(=O)CN2C=C1. The molecule has 0 saturated heterocycles. The zero-order valence-electron chi connectivity index (χ0n) is 8.75. The number of carboxylic acids is 1. The van der Waals surface area contributed by atoms with Crippen molar-refractivity contribution < 1.29 is 14.7 Å². The zero-order valence-corrected chi connectivity index (χ0v) is 8.75. The minimum absolute atomic E-state index is 0.131. The van der Waals surface area contributed by atoms with Crippen molar-refractivity contribution in [3.63, 3.8) is 0 Å². The number of fused-ring (bicyclic) bond motifs is 1. The highest BCUT2D eigenvalue weighted by Gasteiger charge is 2.26. The van der Waals surface area contributed by atoms with Crippen LogP contribution in [0.3, 0.4) is 0 Å². The van der Waals surface area contributed by atoms with Crippen LogP contribution in [0.25, 0.3) is 0 Å². The average Bonchev–Trinajstić information content (AvgIpc) is 2.19. The van der Waals surface area contributed by atoms with Gasteiger partial charge >= 0.3 is 5.97 Å². The monoisotopic (exact) mass is 221 g/mol. The molecule has 16 heavy (non-hydrogen) atoms. The maximum Gasteiger partial charge on any atom is 0.325 e. The Morgan fingerprint density at radius 3 is 3.06 bits per heavy atom. The van der Waals surface area contributed by atoms with Gasteiger partial charge in [0.2, 0.25) is 0 Å². The van der Waals surface area contributed by atoms with Gasteiger partial charge in [0.1, 0.15) is 13.1 Å². The third-order valence-corrected chi connectivity index (χ3v) is 2.27. The first kappa shape index (κ1) is 10.4. The second-order valence-electron chi connectivity index (χ2n) is 3.64. The van der Waals surface area contributed by atoms with Crippen molar-refractivity contribution in [3.8, 4) is 0 Å². The van der Waals surface area contributed by atoms with Gasteiger partial charge in [-0.1, -0.05) is 0 Å². The normalized spacial score (nSPS) is 19.2. The van der Waals surface area contributed by atoms with Crippen molar-refractivity contribution in [2.45, 2.75) is 6.92 Å². The fourth-order valence-electron chi connectivity index (χ4n) is 1.50. The molecule has 0 atom stereocenters. The van der Waals surface area contributed by atoms with Gasteiger partial charge in [0, 0.05) is 6.20 Å². The van der Waals surface area contributed by atoms with E-state index in [0.717, 1.165) is 10.6 Å². The first-order chi connectivity index (χ1) is 7.56. The molecule has 0 aromatic rings. The maximum atomic E-state index is 11.5. The lowest BCUT2D eigenvalue weighted by Crippen LogP contribution is -2.46. The number of amidine groups is 1. The summed E-state index contributed by atoms with van der Waals surface area (Å²) in [6.45, 7) is 1.65. The Morgan fingerprint density at radius 2 is 2.38 bits per heavy atom. The lowest BCUT2D eigenvalue weighted by Gasteiger charge is -2.30. The van der Waals surface area contributed by atoms with Crippen LogP contribution >= 0.6 is 0 Å². The van der Waals surface area contributed by atoms with Gasteiger partial charge in [0.05, 0.1) is 0 Å². The largest absolute Gasteiger partial charge is 0.480 e. The maximum absolute atomic E-state index is 11.5. The summed E-state index contributed by atoms with van der Waals surface area (Å²) in [6.07, 6.45) is 5.45. The van der Waals surface area contributed by atoms with Crippen LogP contribution in [0.4, 0.5) is 0 Å². The molecule has 0 unspecified atom stereocenters. The Bertz CT molecular complexity index is 437. The number of amides is 1. The van der Waals surface area contributed by atoms with Crippen LogP contribution in [0.1, 0.15) is 6.92 Å². The first-order valence-corrected chi connectivity index (χ1v) is 4.80. The predicted molar refractivity (Wildman–Crippen MR) is 56.4 cm³/mol. The molecule has 0 saturated carbocycles.